The van der Waals surface area contributed by atoms with Crippen LogP contribution >= 0.6 is 45.2 Å². The number of nitro groups is 1. The molecule has 176 valence electrons. The fourth-order valence-electron chi connectivity index (χ4n) is 2.90. The van der Waals surface area contributed by atoms with E-state index in [9.17, 15) is 14.9 Å². The number of hydrogen-bond donors (Lipinski definition) is 1. The van der Waals surface area contributed by atoms with Crippen LogP contribution in [0.1, 0.15) is 21.5 Å². The Labute approximate surface area is 222 Å². The van der Waals surface area contributed by atoms with Crippen molar-refractivity contribution in [2.45, 2.75) is 6.61 Å². The number of methoxy groups -OCH3 is 2. The Morgan fingerprint density at radius 3 is 2.53 bits per heavy atom. The predicted molar refractivity (Wildman–Crippen MR) is 144 cm³/mol. The van der Waals surface area contributed by atoms with Crippen LogP contribution in [-0.4, -0.2) is 31.3 Å². The number of hydrogen-bond acceptors (Lipinski definition) is 7. The topological polar surface area (TPSA) is 112 Å². The normalized spacial score (nSPS) is 10.7. The average Bonchev–Trinajstić information content (AvgIpc) is 2.83. The van der Waals surface area contributed by atoms with E-state index in [0.717, 1.165) is 7.14 Å². The van der Waals surface area contributed by atoms with Gasteiger partial charge in [-0.05, 0) is 86.6 Å². The number of halogens is 2. The first-order chi connectivity index (χ1) is 16.3. The average molecular weight is 687 g/mol. The maximum atomic E-state index is 12.4. The van der Waals surface area contributed by atoms with Gasteiger partial charge in [0.1, 0.15) is 12.4 Å². The lowest BCUT2D eigenvalue weighted by atomic mass is 10.2. The molecule has 11 heteroatoms. The summed E-state index contributed by atoms with van der Waals surface area (Å²) in [5.41, 5.74) is 4.26. The van der Waals surface area contributed by atoms with Crippen LogP contribution in [0.2, 0.25) is 0 Å². The molecule has 9 nitrogen and oxygen atoms in total. The lowest BCUT2D eigenvalue weighted by molar-refractivity contribution is -0.384. The fourth-order valence-corrected chi connectivity index (χ4v) is 4.24. The van der Waals surface area contributed by atoms with Crippen LogP contribution in [-0.2, 0) is 6.61 Å². The van der Waals surface area contributed by atoms with E-state index in [2.05, 4.69) is 55.7 Å². The monoisotopic (exact) mass is 687 g/mol. The van der Waals surface area contributed by atoms with Crippen molar-refractivity contribution < 1.29 is 23.9 Å². The van der Waals surface area contributed by atoms with Gasteiger partial charge in [0, 0.05) is 17.7 Å². The molecule has 0 aliphatic heterocycles. The number of hydrazone groups is 1. The molecule has 0 saturated heterocycles. The number of carbonyl (C=O) groups excluding carboxylic acids is 1. The van der Waals surface area contributed by atoms with Crippen molar-refractivity contribution in [3.63, 3.8) is 0 Å². The lowest BCUT2D eigenvalue weighted by Crippen LogP contribution is -2.17. The van der Waals surface area contributed by atoms with E-state index in [1.54, 1.807) is 43.5 Å². The van der Waals surface area contributed by atoms with E-state index in [1.165, 1.54) is 25.5 Å². The van der Waals surface area contributed by atoms with Gasteiger partial charge in [-0.15, -0.1) is 0 Å². The molecule has 0 fully saturated rings. The Hall–Kier alpha value is -2.94. The number of benzene rings is 3. The van der Waals surface area contributed by atoms with Crippen LogP contribution in [0.4, 0.5) is 5.69 Å². The third-order valence-electron chi connectivity index (χ3n) is 4.55. The molecule has 0 radical (unpaired) electrons. The molecule has 0 saturated carbocycles. The summed E-state index contributed by atoms with van der Waals surface area (Å²) in [5, 5.41) is 15.0. The van der Waals surface area contributed by atoms with Gasteiger partial charge in [-0.25, -0.2) is 5.43 Å². The quantitative estimate of drug-likeness (QED) is 0.144. The van der Waals surface area contributed by atoms with Gasteiger partial charge >= 0.3 is 0 Å². The molecule has 34 heavy (non-hydrogen) atoms. The van der Waals surface area contributed by atoms with Gasteiger partial charge in [0.15, 0.2) is 11.5 Å². The number of ether oxygens (including phenoxy) is 3. The number of nitrogens with zero attached hydrogens (tertiary/aromatic N) is 2. The van der Waals surface area contributed by atoms with E-state index in [-0.39, 0.29) is 18.2 Å². The SMILES string of the molecule is COc1cc(C(=O)N/N=C\c2cc(I)c(OCc3cccc([N+](=O)[O-])c3)c(OC)c2)ccc1I. The smallest absolute Gasteiger partial charge is 0.271 e. The Morgan fingerprint density at radius 1 is 1.06 bits per heavy atom. The van der Waals surface area contributed by atoms with E-state index in [0.29, 0.717) is 33.9 Å². The second kappa shape index (κ2) is 12.0. The van der Waals surface area contributed by atoms with Crippen molar-refractivity contribution in [2.24, 2.45) is 5.10 Å². The van der Waals surface area contributed by atoms with E-state index in [4.69, 9.17) is 14.2 Å². The summed E-state index contributed by atoms with van der Waals surface area (Å²) in [6, 6.07) is 14.9. The molecule has 0 bridgehead atoms. The summed E-state index contributed by atoms with van der Waals surface area (Å²) < 4.78 is 18.2. The van der Waals surface area contributed by atoms with Gasteiger partial charge < -0.3 is 14.2 Å². The molecule has 0 heterocycles. The highest BCUT2D eigenvalue weighted by Gasteiger charge is 2.13. The van der Waals surface area contributed by atoms with Gasteiger partial charge in [0.05, 0.1) is 32.5 Å². The van der Waals surface area contributed by atoms with Crippen molar-refractivity contribution in [1.82, 2.24) is 5.43 Å². The zero-order valence-electron chi connectivity index (χ0n) is 18.1. The molecule has 0 atom stereocenters. The molecule has 0 spiro atoms. The minimum atomic E-state index is -0.449. The summed E-state index contributed by atoms with van der Waals surface area (Å²) in [4.78, 5) is 22.9. The van der Waals surface area contributed by atoms with Crippen LogP contribution in [0.5, 0.6) is 17.2 Å². The van der Waals surface area contributed by atoms with Gasteiger partial charge in [-0.3, -0.25) is 14.9 Å². The Morgan fingerprint density at radius 2 is 1.82 bits per heavy atom. The molecule has 1 N–H and O–H groups in total. The number of nitro benzene ring substituents is 1. The summed E-state index contributed by atoms with van der Waals surface area (Å²) in [6.07, 6.45) is 1.50. The van der Waals surface area contributed by atoms with Crippen LogP contribution in [0, 0.1) is 17.3 Å². The van der Waals surface area contributed by atoms with Crippen LogP contribution < -0.4 is 19.6 Å². The van der Waals surface area contributed by atoms with Gasteiger partial charge in [0.2, 0.25) is 0 Å². The highest BCUT2D eigenvalue weighted by Crippen LogP contribution is 2.34. The molecule has 1 amide bonds. The fraction of sp³-hybridized carbons (Fsp3) is 0.130. The first kappa shape index (κ1) is 25.7. The highest BCUT2D eigenvalue weighted by atomic mass is 127. The summed E-state index contributed by atoms with van der Waals surface area (Å²) in [5.74, 6) is 1.20. The van der Waals surface area contributed by atoms with Crippen LogP contribution in [0.15, 0.2) is 59.7 Å². The third-order valence-corrected chi connectivity index (χ3v) is 6.24. The van der Waals surface area contributed by atoms with Crippen LogP contribution in [0.3, 0.4) is 0 Å². The number of rotatable bonds is 9. The third kappa shape index (κ3) is 6.56. The van der Waals surface area contributed by atoms with E-state index >= 15 is 0 Å². The van der Waals surface area contributed by atoms with Crippen molar-refractivity contribution >= 4 is 63.0 Å². The zero-order chi connectivity index (χ0) is 24.7. The Kier molecular flexibility index (Phi) is 9.04. The highest BCUT2D eigenvalue weighted by molar-refractivity contribution is 14.1. The standard InChI is InChI=1S/C23H19I2N3O6/c1-32-20-11-16(6-7-18(20)24)23(29)27-26-12-15-9-19(25)22(21(10-15)33-2)34-13-14-4-3-5-17(8-14)28(30)31/h3-12H,13H2,1-2H3,(H,27,29)/b26-12-. The second-order valence-electron chi connectivity index (χ2n) is 6.80. The minimum Gasteiger partial charge on any atom is -0.496 e. The molecule has 0 aromatic heterocycles. The largest absolute Gasteiger partial charge is 0.496 e. The molecule has 3 aromatic rings. The van der Waals surface area contributed by atoms with Crippen LogP contribution in [0.25, 0.3) is 0 Å². The van der Waals surface area contributed by atoms with Gasteiger partial charge in [-0.1, -0.05) is 12.1 Å². The maximum Gasteiger partial charge on any atom is 0.271 e. The number of carbonyl (C=O) groups is 1. The molecule has 3 rings (SSSR count). The number of amides is 1. The first-order valence-electron chi connectivity index (χ1n) is 9.73. The lowest BCUT2D eigenvalue weighted by Gasteiger charge is -2.13. The zero-order valence-corrected chi connectivity index (χ0v) is 22.4. The van der Waals surface area contributed by atoms with Gasteiger partial charge in [0.25, 0.3) is 11.6 Å². The molecule has 0 aliphatic carbocycles. The molecular formula is C23H19I2N3O6. The molecule has 3 aromatic carbocycles. The van der Waals surface area contributed by atoms with Crippen molar-refractivity contribution in [1.29, 1.82) is 0 Å². The maximum absolute atomic E-state index is 12.4. The Balaban J connectivity index is 1.70. The van der Waals surface area contributed by atoms with Crippen molar-refractivity contribution in [2.75, 3.05) is 14.2 Å². The number of non-ortho nitro benzene ring substituents is 1. The van der Waals surface area contributed by atoms with E-state index < -0.39 is 4.92 Å². The minimum absolute atomic E-state index is 0.0000461. The summed E-state index contributed by atoms with van der Waals surface area (Å²) in [7, 11) is 3.06. The van der Waals surface area contributed by atoms with Crippen molar-refractivity contribution in [3.8, 4) is 17.2 Å². The summed E-state index contributed by atoms with van der Waals surface area (Å²) in [6.45, 7) is 0.136. The Bertz CT molecular complexity index is 1250. The number of nitrogens with one attached hydrogen (secondary N) is 1. The predicted octanol–water partition coefficient (Wildman–Crippen LogP) is 5.16. The first-order valence-corrected chi connectivity index (χ1v) is 11.9. The molecular weight excluding hydrogens is 668 g/mol. The van der Waals surface area contributed by atoms with E-state index in [1.807, 2.05) is 6.07 Å². The van der Waals surface area contributed by atoms with Crippen molar-refractivity contribution in [3.05, 3.63) is 88.5 Å². The molecule has 0 unspecified atom stereocenters. The summed E-state index contributed by atoms with van der Waals surface area (Å²) >= 11 is 4.23. The molecule has 0 aliphatic rings. The second-order valence-corrected chi connectivity index (χ2v) is 9.12. The van der Waals surface area contributed by atoms with Gasteiger partial charge in [-0.2, -0.15) is 5.10 Å².